The molecule has 0 saturated heterocycles. The molecule has 0 heterocycles. The summed E-state index contributed by atoms with van der Waals surface area (Å²) < 4.78 is 0. The summed E-state index contributed by atoms with van der Waals surface area (Å²) in [6, 6.07) is -0.365. The smallest absolute Gasteiger partial charge is 0.237 e. The molecule has 5 heteroatoms. The molecule has 104 valence electrons. The highest BCUT2D eigenvalue weighted by molar-refractivity contribution is 5.83. The molecule has 0 aromatic heterocycles. The van der Waals surface area contributed by atoms with Gasteiger partial charge in [0.05, 0.1) is 12.6 Å². The zero-order valence-corrected chi connectivity index (χ0v) is 11.8. The molecule has 18 heavy (non-hydrogen) atoms. The van der Waals surface area contributed by atoms with Gasteiger partial charge in [-0.25, -0.2) is 0 Å². The van der Waals surface area contributed by atoms with Crippen LogP contribution in [0.15, 0.2) is 0 Å². The number of hydrogen-bond donors (Lipinski definition) is 3. The van der Waals surface area contributed by atoms with Crippen LogP contribution in [-0.4, -0.2) is 36.5 Å². The van der Waals surface area contributed by atoms with Crippen molar-refractivity contribution < 1.29 is 9.59 Å². The van der Waals surface area contributed by atoms with E-state index >= 15 is 0 Å². The first-order chi connectivity index (χ1) is 8.28. The van der Waals surface area contributed by atoms with Crippen molar-refractivity contribution in [1.29, 1.82) is 0 Å². The normalized spacial score (nSPS) is 17.1. The van der Waals surface area contributed by atoms with Gasteiger partial charge in [-0.15, -0.1) is 0 Å². The Morgan fingerprint density at radius 1 is 1.28 bits per heavy atom. The summed E-state index contributed by atoms with van der Waals surface area (Å²) in [4.78, 5) is 23.2. The highest BCUT2D eigenvalue weighted by Gasteiger charge is 2.22. The van der Waals surface area contributed by atoms with Crippen LogP contribution in [0.25, 0.3) is 0 Å². The first-order valence-corrected chi connectivity index (χ1v) is 6.60. The van der Waals surface area contributed by atoms with Crippen molar-refractivity contribution in [3.8, 4) is 0 Å². The maximum atomic E-state index is 11.7. The zero-order chi connectivity index (χ0) is 13.8. The minimum absolute atomic E-state index is 0.0442. The Morgan fingerprint density at radius 3 is 2.39 bits per heavy atom. The van der Waals surface area contributed by atoms with Crippen molar-refractivity contribution in [3.63, 3.8) is 0 Å². The molecule has 1 aliphatic rings. The van der Waals surface area contributed by atoms with E-state index < -0.39 is 0 Å². The molecule has 5 nitrogen and oxygen atoms in total. The standard InChI is InChI=1S/C13H25N3O2/c1-9(12(18)16-13(2,3)4)14-8-11(17)15-7-10-5-6-10/h9-10,14H,5-8H2,1-4H3,(H,15,17)(H,16,18). The second kappa shape index (κ2) is 6.18. The third-order valence-corrected chi connectivity index (χ3v) is 2.75. The van der Waals surface area contributed by atoms with Gasteiger partial charge in [-0.3, -0.25) is 14.9 Å². The van der Waals surface area contributed by atoms with Gasteiger partial charge in [-0.05, 0) is 46.5 Å². The van der Waals surface area contributed by atoms with Crippen molar-refractivity contribution in [1.82, 2.24) is 16.0 Å². The Labute approximate surface area is 109 Å². The lowest BCUT2D eigenvalue weighted by molar-refractivity contribution is -0.124. The minimum Gasteiger partial charge on any atom is -0.355 e. The maximum Gasteiger partial charge on any atom is 0.237 e. The molecule has 1 saturated carbocycles. The van der Waals surface area contributed by atoms with E-state index in [2.05, 4.69) is 16.0 Å². The van der Waals surface area contributed by atoms with Crippen molar-refractivity contribution >= 4 is 11.8 Å². The van der Waals surface area contributed by atoms with Crippen LogP contribution in [0.3, 0.4) is 0 Å². The van der Waals surface area contributed by atoms with Crippen LogP contribution in [0.1, 0.15) is 40.5 Å². The summed E-state index contributed by atoms with van der Waals surface area (Å²) in [5.41, 5.74) is -0.249. The number of amides is 2. The Kier molecular flexibility index (Phi) is 5.14. The fraction of sp³-hybridized carbons (Fsp3) is 0.846. The lowest BCUT2D eigenvalue weighted by Gasteiger charge is -2.23. The van der Waals surface area contributed by atoms with Crippen LogP contribution in [0.2, 0.25) is 0 Å². The number of carbonyl (C=O) groups is 2. The molecule has 0 aromatic carbocycles. The molecule has 0 radical (unpaired) electrons. The molecule has 0 bridgehead atoms. The third kappa shape index (κ3) is 6.59. The van der Waals surface area contributed by atoms with E-state index in [4.69, 9.17) is 0 Å². The van der Waals surface area contributed by atoms with Gasteiger partial charge in [-0.2, -0.15) is 0 Å². The van der Waals surface area contributed by atoms with Gasteiger partial charge in [0.15, 0.2) is 0 Å². The van der Waals surface area contributed by atoms with Crippen LogP contribution in [0, 0.1) is 5.92 Å². The lowest BCUT2D eigenvalue weighted by atomic mass is 10.1. The van der Waals surface area contributed by atoms with Gasteiger partial charge in [0.2, 0.25) is 11.8 Å². The summed E-state index contributed by atoms with van der Waals surface area (Å²) in [6.07, 6.45) is 2.44. The van der Waals surface area contributed by atoms with Gasteiger partial charge in [0.25, 0.3) is 0 Å². The average molecular weight is 255 g/mol. The molecule has 0 aliphatic heterocycles. The van der Waals surface area contributed by atoms with Crippen LogP contribution in [0.4, 0.5) is 0 Å². The van der Waals surface area contributed by atoms with Gasteiger partial charge >= 0.3 is 0 Å². The van der Waals surface area contributed by atoms with Crippen LogP contribution < -0.4 is 16.0 Å². The first kappa shape index (κ1) is 15.0. The van der Waals surface area contributed by atoms with Gasteiger partial charge in [0.1, 0.15) is 0 Å². The maximum absolute atomic E-state index is 11.7. The van der Waals surface area contributed by atoms with Crippen LogP contribution >= 0.6 is 0 Å². The Morgan fingerprint density at radius 2 is 1.89 bits per heavy atom. The van der Waals surface area contributed by atoms with Crippen molar-refractivity contribution in [2.75, 3.05) is 13.1 Å². The van der Waals surface area contributed by atoms with E-state index in [1.807, 2.05) is 20.8 Å². The second-order valence-corrected chi connectivity index (χ2v) is 6.09. The molecule has 1 unspecified atom stereocenters. The first-order valence-electron chi connectivity index (χ1n) is 6.60. The third-order valence-electron chi connectivity index (χ3n) is 2.75. The van der Waals surface area contributed by atoms with E-state index in [9.17, 15) is 9.59 Å². The van der Waals surface area contributed by atoms with Crippen molar-refractivity contribution in [3.05, 3.63) is 0 Å². The molecule has 0 aromatic rings. The molecule has 1 rings (SSSR count). The van der Waals surface area contributed by atoms with Gasteiger partial charge in [-0.1, -0.05) is 0 Å². The highest BCUT2D eigenvalue weighted by atomic mass is 16.2. The quantitative estimate of drug-likeness (QED) is 0.643. The fourth-order valence-electron chi connectivity index (χ4n) is 1.46. The molecular weight excluding hydrogens is 230 g/mol. The molecule has 1 aliphatic carbocycles. The van der Waals surface area contributed by atoms with Gasteiger partial charge in [0, 0.05) is 12.1 Å². The Balaban J connectivity index is 2.16. The van der Waals surface area contributed by atoms with E-state index in [1.165, 1.54) is 12.8 Å². The number of nitrogens with one attached hydrogen (secondary N) is 3. The van der Waals surface area contributed by atoms with E-state index in [-0.39, 0.29) is 29.9 Å². The average Bonchev–Trinajstić information content (AvgIpc) is 3.04. The van der Waals surface area contributed by atoms with Gasteiger partial charge < -0.3 is 10.6 Å². The van der Waals surface area contributed by atoms with E-state index in [0.29, 0.717) is 5.92 Å². The van der Waals surface area contributed by atoms with E-state index in [1.54, 1.807) is 6.92 Å². The SMILES string of the molecule is CC(NCC(=O)NCC1CC1)C(=O)NC(C)(C)C. The topological polar surface area (TPSA) is 70.2 Å². The fourth-order valence-corrected chi connectivity index (χ4v) is 1.46. The molecule has 2 amide bonds. The largest absolute Gasteiger partial charge is 0.355 e. The summed E-state index contributed by atoms with van der Waals surface area (Å²) in [5, 5.41) is 8.65. The predicted octanol–water partition coefficient (Wildman–Crippen LogP) is 0.405. The van der Waals surface area contributed by atoms with Crippen molar-refractivity contribution in [2.45, 2.75) is 52.1 Å². The Bertz CT molecular complexity index is 306. The summed E-state index contributed by atoms with van der Waals surface area (Å²) in [5.74, 6) is 0.547. The number of carbonyl (C=O) groups excluding carboxylic acids is 2. The lowest BCUT2D eigenvalue weighted by Crippen LogP contribution is -2.51. The molecule has 1 atom stereocenters. The van der Waals surface area contributed by atoms with E-state index in [0.717, 1.165) is 6.54 Å². The minimum atomic E-state index is -0.365. The summed E-state index contributed by atoms with van der Waals surface area (Å²) in [7, 11) is 0. The number of rotatable bonds is 6. The Hall–Kier alpha value is -1.10. The highest BCUT2D eigenvalue weighted by Crippen LogP contribution is 2.27. The number of hydrogen-bond acceptors (Lipinski definition) is 3. The summed E-state index contributed by atoms with van der Waals surface area (Å²) >= 11 is 0. The molecule has 3 N–H and O–H groups in total. The van der Waals surface area contributed by atoms with Crippen LogP contribution in [0.5, 0.6) is 0 Å². The zero-order valence-electron chi connectivity index (χ0n) is 11.8. The second-order valence-electron chi connectivity index (χ2n) is 6.09. The monoisotopic (exact) mass is 255 g/mol. The molecular formula is C13H25N3O2. The van der Waals surface area contributed by atoms with Crippen LogP contribution in [-0.2, 0) is 9.59 Å². The molecule has 0 spiro atoms. The molecule has 1 fully saturated rings. The summed E-state index contributed by atoms with van der Waals surface area (Å²) in [6.45, 7) is 8.50. The predicted molar refractivity (Wildman–Crippen MR) is 71.1 cm³/mol. The van der Waals surface area contributed by atoms with Crippen molar-refractivity contribution in [2.24, 2.45) is 5.92 Å².